The van der Waals surface area contributed by atoms with Gasteiger partial charge in [-0.3, -0.25) is 4.79 Å². The number of hydrogen-bond donors (Lipinski definition) is 0. The lowest BCUT2D eigenvalue weighted by atomic mass is 10.1. The van der Waals surface area contributed by atoms with Gasteiger partial charge in [-0.15, -0.1) is 0 Å². The van der Waals surface area contributed by atoms with Crippen molar-refractivity contribution in [2.24, 2.45) is 5.92 Å². The van der Waals surface area contributed by atoms with E-state index in [2.05, 4.69) is 0 Å². The summed E-state index contributed by atoms with van der Waals surface area (Å²) in [7, 11) is 0. The van der Waals surface area contributed by atoms with Gasteiger partial charge in [-0.25, -0.2) is 0 Å². The average Bonchev–Trinajstić information content (AvgIpc) is 2.11. The van der Waals surface area contributed by atoms with Crippen LogP contribution < -0.4 is 0 Å². The van der Waals surface area contributed by atoms with Gasteiger partial charge >= 0.3 is 5.97 Å². The second kappa shape index (κ2) is 5.81. The molecule has 2 heteroatoms. The number of esters is 1. The molecule has 0 fully saturated rings. The third kappa shape index (κ3) is 4.16. The van der Waals surface area contributed by atoms with Gasteiger partial charge in [-0.1, -0.05) is 19.9 Å². The highest BCUT2D eigenvalue weighted by atomic mass is 16.5. The molecule has 0 N–H and O–H groups in total. The van der Waals surface area contributed by atoms with Crippen LogP contribution in [0.5, 0.6) is 0 Å². The average molecular weight is 170 g/mol. The first-order valence-electron chi connectivity index (χ1n) is 4.40. The topological polar surface area (TPSA) is 26.3 Å². The fourth-order valence-corrected chi connectivity index (χ4v) is 0.577. The molecule has 0 aliphatic carbocycles. The first kappa shape index (κ1) is 11.2. The molecule has 2 nitrogen and oxygen atoms in total. The molecule has 0 bridgehead atoms. The minimum Gasteiger partial charge on any atom is -0.461 e. The van der Waals surface area contributed by atoms with Gasteiger partial charge < -0.3 is 4.74 Å². The number of carbonyl (C=O) groups excluding carboxylic acids is 1. The maximum absolute atomic E-state index is 11.1. The van der Waals surface area contributed by atoms with E-state index in [4.69, 9.17) is 4.74 Å². The van der Waals surface area contributed by atoms with Crippen LogP contribution in [0.4, 0.5) is 0 Å². The zero-order chi connectivity index (χ0) is 9.56. The monoisotopic (exact) mass is 170 g/mol. The molecule has 0 radical (unpaired) electrons. The van der Waals surface area contributed by atoms with E-state index in [1.165, 1.54) is 0 Å². The number of rotatable bonds is 4. The van der Waals surface area contributed by atoms with Gasteiger partial charge in [0.15, 0.2) is 0 Å². The summed E-state index contributed by atoms with van der Waals surface area (Å²) in [6.45, 7) is 8.18. The molecule has 1 atom stereocenters. The molecule has 0 saturated heterocycles. The Balaban J connectivity index is 3.72. The van der Waals surface area contributed by atoms with Crippen LogP contribution in [0.1, 0.15) is 34.1 Å². The van der Waals surface area contributed by atoms with Crippen molar-refractivity contribution in [2.45, 2.75) is 34.1 Å². The second-order valence-electron chi connectivity index (χ2n) is 3.05. The summed E-state index contributed by atoms with van der Waals surface area (Å²) in [6, 6.07) is 0. The summed E-state index contributed by atoms with van der Waals surface area (Å²) in [5.74, 6) is -0.0756. The van der Waals surface area contributed by atoms with Crippen LogP contribution in [0.15, 0.2) is 11.6 Å². The zero-order valence-corrected chi connectivity index (χ0v) is 8.39. The summed E-state index contributed by atoms with van der Waals surface area (Å²) in [5.41, 5.74) is 1.09. The van der Waals surface area contributed by atoms with Gasteiger partial charge in [-0.05, 0) is 25.8 Å². The molecule has 0 aliphatic heterocycles. The van der Waals surface area contributed by atoms with Crippen molar-refractivity contribution in [1.82, 2.24) is 0 Å². The van der Waals surface area contributed by atoms with Crippen molar-refractivity contribution in [2.75, 3.05) is 6.61 Å². The fraction of sp³-hybridized carbons (Fsp3) is 0.700. The molecule has 1 unspecified atom stereocenters. The van der Waals surface area contributed by atoms with Crippen molar-refractivity contribution >= 4 is 5.97 Å². The highest BCUT2D eigenvalue weighted by Crippen LogP contribution is 2.04. The van der Waals surface area contributed by atoms with Crippen molar-refractivity contribution in [3.63, 3.8) is 0 Å². The number of carbonyl (C=O) groups is 1. The Labute approximate surface area is 74.6 Å². The molecular weight excluding hydrogens is 152 g/mol. The Morgan fingerprint density at radius 3 is 2.58 bits per heavy atom. The van der Waals surface area contributed by atoms with Crippen molar-refractivity contribution < 1.29 is 9.53 Å². The first-order valence-corrected chi connectivity index (χ1v) is 4.40. The van der Waals surface area contributed by atoms with E-state index in [-0.39, 0.29) is 11.9 Å². The molecule has 0 aromatic heterocycles. The van der Waals surface area contributed by atoms with Gasteiger partial charge in [0.1, 0.15) is 6.61 Å². The summed E-state index contributed by atoms with van der Waals surface area (Å²) in [5, 5.41) is 0. The highest BCUT2D eigenvalue weighted by molar-refractivity contribution is 5.72. The SMILES string of the molecule is C/C=C(\C)COC(=O)C(C)CC. The van der Waals surface area contributed by atoms with Crippen LogP contribution in [0, 0.1) is 5.92 Å². The minimum atomic E-state index is -0.0984. The lowest BCUT2D eigenvalue weighted by Gasteiger charge is -2.08. The predicted octanol–water partition coefficient (Wildman–Crippen LogP) is 2.54. The van der Waals surface area contributed by atoms with Gasteiger partial charge in [0, 0.05) is 0 Å². The van der Waals surface area contributed by atoms with E-state index in [9.17, 15) is 4.79 Å². The Morgan fingerprint density at radius 2 is 2.17 bits per heavy atom. The van der Waals surface area contributed by atoms with E-state index < -0.39 is 0 Å². The van der Waals surface area contributed by atoms with Crippen LogP contribution in [0.3, 0.4) is 0 Å². The van der Waals surface area contributed by atoms with Crippen LogP contribution >= 0.6 is 0 Å². The molecule has 0 amide bonds. The van der Waals surface area contributed by atoms with Crippen LogP contribution in [0.25, 0.3) is 0 Å². The molecule has 0 aliphatic rings. The van der Waals surface area contributed by atoms with E-state index in [1.54, 1.807) is 0 Å². The van der Waals surface area contributed by atoms with Gasteiger partial charge in [0.05, 0.1) is 5.92 Å². The Kier molecular flexibility index (Phi) is 5.43. The quantitative estimate of drug-likeness (QED) is 0.478. The van der Waals surface area contributed by atoms with E-state index in [0.717, 1.165) is 12.0 Å². The molecular formula is C10H18O2. The maximum Gasteiger partial charge on any atom is 0.308 e. The van der Waals surface area contributed by atoms with Crippen LogP contribution in [0.2, 0.25) is 0 Å². The zero-order valence-electron chi connectivity index (χ0n) is 8.39. The Bertz CT molecular complexity index is 171. The maximum atomic E-state index is 11.1. The molecule has 12 heavy (non-hydrogen) atoms. The first-order chi connectivity index (χ1) is 5.61. The second-order valence-corrected chi connectivity index (χ2v) is 3.05. The summed E-state index contributed by atoms with van der Waals surface area (Å²) in [4.78, 5) is 11.1. The van der Waals surface area contributed by atoms with Gasteiger partial charge in [0.25, 0.3) is 0 Å². The molecule has 70 valence electrons. The summed E-state index contributed by atoms with van der Waals surface area (Å²) in [6.07, 6.45) is 2.79. The molecule has 0 aromatic carbocycles. The van der Waals surface area contributed by atoms with Crippen molar-refractivity contribution in [3.8, 4) is 0 Å². The smallest absolute Gasteiger partial charge is 0.308 e. The van der Waals surface area contributed by atoms with E-state index in [1.807, 2.05) is 33.8 Å². The van der Waals surface area contributed by atoms with E-state index in [0.29, 0.717) is 6.61 Å². The predicted molar refractivity (Wildman–Crippen MR) is 49.8 cm³/mol. The Hall–Kier alpha value is -0.790. The lowest BCUT2D eigenvalue weighted by Crippen LogP contribution is -2.14. The van der Waals surface area contributed by atoms with Gasteiger partial charge in [-0.2, -0.15) is 0 Å². The van der Waals surface area contributed by atoms with Crippen LogP contribution in [-0.4, -0.2) is 12.6 Å². The third-order valence-corrected chi connectivity index (χ3v) is 1.95. The molecule has 0 spiro atoms. The lowest BCUT2D eigenvalue weighted by molar-refractivity contribution is -0.147. The highest BCUT2D eigenvalue weighted by Gasteiger charge is 2.11. The number of hydrogen-bond acceptors (Lipinski definition) is 2. The molecule has 0 saturated carbocycles. The third-order valence-electron chi connectivity index (χ3n) is 1.95. The van der Waals surface area contributed by atoms with E-state index >= 15 is 0 Å². The molecule has 0 heterocycles. The largest absolute Gasteiger partial charge is 0.461 e. The summed E-state index contributed by atoms with van der Waals surface area (Å²) < 4.78 is 5.04. The van der Waals surface area contributed by atoms with Crippen molar-refractivity contribution in [3.05, 3.63) is 11.6 Å². The summed E-state index contributed by atoms with van der Waals surface area (Å²) >= 11 is 0. The minimum absolute atomic E-state index is 0.0228. The molecule has 0 aromatic rings. The van der Waals surface area contributed by atoms with Crippen molar-refractivity contribution in [1.29, 1.82) is 0 Å². The fourth-order valence-electron chi connectivity index (χ4n) is 0.577. The normalized spacial score (nSPS) is 14.2. The number of allylic oxidation sites excluding steroid dienone is 1. The van der Waals surface area contributed by atoms with Crippen LogP contribution in [-0.2, 0) is 9.53 Å². The molecule has 0 rings (SSSR count). The number of ether oxygens (including phenoxy) is 1. The van der Waals surface area contributed by atoms with Gasteiger partial charge in [0.2, 0.25) is 0 Å². The standard InChI is InChI=1S/C10H18O2/c1-5-8(3)7-12-10(11)9(4)6-2/h5,9H,6-7H2,1-4H3/b8-5+. The Morgan fingerprint density at radius 1 is 1.58 bits per heavy atom.